The molecule has 0 saturated heterocycles. The first kappa shape index (κ1) is 22.1. The fraction of sp³-hybridized carbons (Fsp3) is 0.636. The molecule has 0 atom stereocenters. The number of hydrogen-bond donors (Lipinski definition) is 2. The van der Waals surface area contributed by atoms with Gasteiger partial charge in [0.05, 0.1) is 23.5 Å². The zero-order valence-corrected chi connectivity index (χ0v) is 18.9. The zero-order valence-electron chi connectivity index (χ0n) is 18.1. The van der Waals surface area contributed by atoms with Crippen LogP contribution in [0.4, 0.5) is 11.6 Å². The Kier molecular flexibility index (Phi) is 6.87. The van der Waals surface area contributed by atoms with Crippen LogP contribution in [0.2, 0.25) is 5.02 Å². The number of ether oxygens (including phenoxy) is 1. The van der Waals surface area contributed by atoms with Gasteiger partial charge in [-0.05, 0) is 58.7 Å². The van der Waals surface area contributed by atoms with Crippen molar-refractivity contribution in [3.8, 4) is 0 Å². The average molecular weight is 420 g/mol. The van der Waals surface area contributed by atoms with Crippen molar-refractivity contribution in [1.82, 2.24) is 14.8 Å². The van der Waals surface area contributed by atoms with Crippen LogP contribution < -0.4 is 11.1 Å². The lowest BCUT2D eigenvalue weighted by molar-refractivity contribution is 0.117. The molecule has 3 N–H and O–H groups in total. The Labute approximate surface area is 179 Å². The summed E-state index contributed by atoms with van der Waals surface area (Å²) < 4.78 is 7.70. The Morgan fingerprint density at radius 2 is 1.97 bits per heavy atom. The van der Waals surface area contributed by atoms with Gasteiger partial charge < -0.3 is 15.8 Å². The van der Waals surface area contributed by atoms with Crippen molar-refractivity contribution < 1.29 is 4.74 Å². The van der Waals surface area contributed by atoms with Crippen molar-refractivity contribution in [3.05, 3.63) is 34.6 Å². The van der Waals surface area contributed by atoms with E-state index in [0.29, 0.717) is 30.6 Å². The van der Waals surface area contributed by atoms with E-state index in [2.05, 4.69) is 48.7 Å². The molecule has 0 aromatic carbocycles. The van der Waals surface area contributed by atoms with Crippen LogP contribution in [0.25, 0.3) is 0 Å². The fourth-order valence-corrected chi connectivity index (χ4v) is 4.10. The molecule has 1 fully saturated rings. The first-order valence-corrected chi connectivity index (χ1v) is 10.9. The first-order valence-electron chi connectivity index (χ1n) is 10.5. The van der Waals surface area contributed by atoms with Crippen LogP contribution in [0.3, 0.4) is 0 Å². The van der Waals surface area contributed by atoms with Crippen molar-refractivity contribution in [3.63, 3.8) is 0 Å². The SMILES string of the molecule is CC1(c2cc(Nc3cc(Cl)cc(COCCCN)n3)n(C(C)(C)C)n2)CCCC1. The van der Waals surface area contributed by atoms with Crippen molar-refractivity contribution >= 4 is 23.2 Å². The summed E-state index contributed by atoms with van der Waals surface area (Å²) in [6, 6.07) is 5.85. The average Bonchev–Trinajstić information content (AvgIpc) is 3.26. The van der Waals surface area contributed by atoms with E-state index < -0.39 is 0 Å². The van der Waals surface area contributed by atoms with Crippen LogP contribution in [-0.4, -0.2) is 27.9 Å². The predicted octanol–water partition coefficient (Wildman–Crippen LogP) is 5.13. The van der Waals surface area contributed by atoms with Gasteiger partial charge in [0.15, 0.2) is 0 Å². The lowest BCUT2D eigenvalue weighted by Crippen LogP contribution is -2.26. The molecule has 2 heterocycles. The van der Waals surface area contributed by atoms with E-state index >= 15 is 0 Å². The molecule has 2 aromatic heterocycles. The summed E-state index contributed by atoms with van der Waals surface area (Å²) >= 11 is 6.34. The molecular formula is C22H34ClN5O. The first-order chi connectivity index (χ1) is 13.7. The van der Waals surface area contributed by atoms with Crippen molar-refractivity contribution in [2.24, 2.45) is 5.73 Å². The molecule has 6 nitrogen and oxygen atoms in total. The normalized spacial score (nSPS) is 16.3. The van der Waals surface area contributed by atoms with Crippen LogP contribution in [0, 0.1) is 0 Å². The fourth-order valence-electron chi connectivity index (χ4n) is 3.87. The second-order valence-corrected chi connectivity index (χ2v) is 9.68. The van der Waals surface area contributed by atoms with Crippen LogP contribution in [-0.2, 0) is 22.3 Å². The molecule has 1 aliphatic rings. The maximum absolute atomic E-state index is 6.34. The number of hydrogen-bond acceptors (Lipinski definition) is 5. The zero-order chi connectivity index (χ0) is 21.1. The van der Waals surface area contributed by atoms with E-state index in [-0.39, 0.29) is 11.0 Å². The van der Waals surface area contributed by atoms with Gasteiger partial charge in [-0.15, -0.1) is 0 Å². The molecule has 0 bridgehead atoms. The van der Waals surface area contributed by atoms with E-state index in [9.17, 15) is 0 Å². The molecule has 3 rings (SSSR count). The van der Waals surface area contributed by atoms with Gasteiger partial charge in [-0.25, -0.2) is 9.67 Å². The lowest BCUT2D eigenvalue weighted by Gasteiger charge is -2.24. The molecule has 1 saturated carbocycles. The highest BCUT2D eigenvalue weighted by Crippen LogP contribution is 2.41. The molecular weight excluding hydrogens is 386 g/mol. The minimum absolute atomic E-state index is 0.149. The van der Waals surface area contributed by atoms with Gasteiger partial charge in [0, 0.05) is 23.1 Å². The van der Waals surface area contributed by atoms with E-state index in [4.69, 9.17) is 27.2 Å². The maximum atomic E-state index is 6.34. The Morgan fingerprint density at radius 1 is 1.24 bits per heavy atom. The predicted molar refractivity (Wildman–Crippen MR) is 119 cm³/mol. The largest absolute Gasteiger partial charge is 0.375 e. The number of nitrogens with two attached hydrogens (primary N) is 1. The molecule has 29 heavy (non-hydrogen) atoms. The van der Waals surface area contributed by atoms with E-state index in [1.54, 1.807) is 0 Å². The summed E-state index contributed by atoms with van der Waals surface area (Å²) in [6.07, 6.45) is 5.74. The number of nitrogens with zero attached hydrogens (tertiary/aromatic N) is 3. The number of anilines is 2. The Bertz CT molecular complexity index is 821. The van der Waals surface area contributed by atoms with Gasteiger partial charge in [-0.3, -0.25) is 0 Å². The minimum atomic E-state index is -0.151. The third-order valence-electron chi connectivity index (χ3n) is 5.51. The van der Waals surface area contributed by atoms with Gasteiger partial charge in [-0.1, -0.05) is 31.4 Å². The highest BCUT2D eigenvalue weighted by molar-refractivity contribution is 6.30. The van der Waals surface area contributed by atoms with E-state index in [1.807, 2.05) is 12.1 Å². The summed E-state index contributed by atoms with van der Waals surface area (Å²) in [4.78, 5) is 4.68. The van der Waals surface area contributed by atoms with Gasteiger partial charge in [0.1, 0.15) is 11.6 Å². The third-order valence-corrected chi connectivity index (χ3v) is 5.73. The molecule has 0 radical (unpaired) electrons. The molecule has 0 unspecified atom stereocenters. The van der Waals surface area contributed by atoms with Gasteiger partial charge in [-0.2, -0.15) is 5.10 Å². The number of nitrogens with one attached hydrogen (secondary N) is 1. The summed E-state index contributed by atoms with van der Waals surface area (Å²) in [5.74, 6) is 1.63. The van der Waals surface area contributed by atoms with Crippen LogP contribution >= 0.6 is 11.6 Å². The standard InChI is InChI=1S/C22H34ClN5O/c1-21(2,3)28-20(14-18(27-28)22(4)8-5-6-9-22)26-19-13-16(23)12-17(25-19)15-29-11-7-10-24/h12-14H,5-11,15,24H2,1-4H3,(H,25,26). The summed E-state index contributed by atoms with van der Waals surface area (Å²) in [5.41, 5.74) is 7.46. The Morgan fingerprint density at radius 3 is 2.62 bits per heavy atom. The van der Waals surface area contributed by atoms with Crippen LogP contribution in [0.5, 0.6) is 0 Å². The number of rotatable bonds is 8. The van der Waals surface area contributed by atoms with E-state index in [1.165, 1.54) is 25.7 Å². The third kappa shape index (κ3) is 5.50. The van der Waals surface area contributed by atoms with Gasteiger partial charge in [0.2, 0.25) is 0 Å². The number of halogens is 1. The summed E-state index contributed by atoms with van der Waals surface area (Å²) in [7, 11) is 0. The highest BCUT2D eigenvalue weighted by atomic mass is 35.5. The lowest BCUT2D eigenvalue weighted by atomic mass is 9.85. The molecule has 2 aromatic rings. The molecule has 160 valence electrons. The molecule has 0 spiro atoms. The summed E-state index contributed by atoms with van der Waals surface area (Å²) in [6.45, 7) is 10.5. The maximum Gasteiger partial charge on any atom is 0.133 e. The Balaban J connectivity index is 1.85. The molecule has 0 amide bonds. The van der Waals surface area contributed by atoms with Gasteiger partial charge in [0.25, 0.3) is 0 Å². The molecule has 7 heteroatoms. The topological polar surface area (TPSA) is 78.0 Å². The second kappa shape index (κ2) is 9.02. The van der Waals surface area contributed by atoms with Crippen molar-refractivity contribution in [2.75, 3.05) is 18.5 Å². The monoisotopic (exact) mass is 419 g/mol. The number of aromatic nitrogens is 3. The quantitative estimate of drug-likeness (QED) is 0.580. The highest BCUT2D eigenvalue weighted by Gasteiger charge is 2.35. The van der Waals surface area contributed by atoms with Crippen LogP contribution in [0.1, 0.15) is 71.2 Å². The van der Waals surface area contributed by atoms with Crippen molar-refractivity contribution in [2.45, 2.75) is 77.4 Å². The van der Waals surface area contributed by atoms with E-state index in [0.717, 1.165) is 23.6 Å². The minimum Gasteiger partial charge on any atom is -0.375 e. The van der Waals surface area contributed by atoms with Crippen LogP contribution in [0.15, 0.2) is 18.2 Å². The molecule has 1 aliphatic carbocycles. The van der Waals surface area contributed by atoms with Gasteiger partial charge >= 0.3 is 0 Å². The number of pyridine rings is 1. The summed E-state index contributed by atoms with van der Waals surface area (Å²) in [5, 5.41) is 9.08. The molecule has 0 aliphatic heterocycles. The van der Waals surface area contributed by atoms with Crippen molar-refractivity contribution in [1.29, 1.82) is 0 Å². The Hall–Kier alpha value is -1.63. The second-order valence-electron chi connectivity index (χ2n) is 9.25. The smallest absolute Gasteiger partial charge is 0.133 e.